The van der Waals surface area contributed by atoms with Gasteiger partial charge in [-0.25, -0.2) is 4.98 Å². The summed E-state index contributed by atoms with van der Waals surface area (Å²) < 4.78 is 5.19. The maximum Gasteiger partial charge on any atom is 0.311 e. The van der Waals surface area contributed by atoms with Gasteiger partial charge in [0.25, 0.3) is 5.91 Å². The van der Waals surface area contributed by atoms with Crippen molar-refractivity contribution >= 4 is 40.2 Å². The lowest BCUT2D eigenvalue weighted by atomic mass is 10.2. The fourth-order valence-electron chi connectivity index (χ4n) is 2.99. The van der Waals surface area contributed by atoms with Crippen LogP contribution >= 0.6 is 22.7 Å². The van der Waals surface area contributed by atoms with Crippen LogP contribution in [-0.2, 0) is 20.7 Å². The zero-order valence-electron chi connectivity index (χ0n) is 16.8. The van der Waals surface area contributed by atoms with Gasteiger partial charge in [-0.05, 0) is 23.6 Å². The first-order chi connectivity index (χ1) is 15.6. The number of carbonyl (C=O) groups is 2. The van der Waals surface area contributed by atoms with Crippen LogP contribution in [0, 0.1) is 11.3 Å². The van der Waals surface area contributed by atoms with Crippen molar-refractivity contribution in [1.29, 1.82) is 5.26 Å². The molecule has 4 aromatic rings. The highest BCUT2D eigenvalue weighted by Gasteiger charge is 2.19. The molecular formula is C24H17N3O3S2. The number of hydrogen-bond acceptors (Lipinski definition) is 7. The number of esters is 1. The van der Waals surface area contributed by atoms with Crippen molar-refractivity contribution in [2.45, 2.75) is 6.42 Å². The van der Waals surface area contributed by atoms with E-state index < -0.39 is 18.5 Å². The quantitative estimate of drug-likeness (QED) is 0.387. The molecule has 0 radical (unpaired) electrons. The molecule has 4 rings (SSSR count). The molecule has 0 spiro atoms. The van der Waals surface area contributed by atoms with Gasteiger partial charge >= 0.3 is 5.97 Å². The third-order valence-electron chi connectivity index (χ3n) is 4.46. The Kier molecular flexibility index (Phi) is 6.70. The van der Waals surface area contributed by atoms with Crippen LogP contribution < -0.4 is 5.32 Å². The number of amides is 1. The Morgan fingerprint density at radius 1 is 1.03 bits per heavy atom. The van der Waals surface area contributed by atoms with E-state index in [9.17, 15) is 9.59 Å². The number of para-hydroxylation sites is 1. The maximum atomic E-state index is 12.5. The lowest BCUT2D eigenvalue weighted by Gasteiger charge is -2.07. The first-order valence-electron chi connectivity index (χ1n) is 9.67. The molecule has 0 unspecified atom stereocenters. The lowest BCUT2D eigenvalue weighted by molar-refractivity contribution is -0.146. The number of rotatable bonds is 7. The maximum absolute atomic E-state index is 12.5. The highest BCUT2D eigenvalue weighted by molar-refractivity contribution is 7.17. The Morgan fingerprint density at radius 3 is 2.56 bits per heavy atom. The van der Waals surface area contributed by atoms with Crippen molar-refractivity contribution in [1.82, 2.24) is 4.98 Å². The van der Waals surface area contributed by atoms with Crippen molar-refractivity contribution in [3.63, 3.8) is 0 Å². The number of ether oxygens (including phenoxy) is 1. The monoisotopic (exact) mass is 459 g/mol. The summed E-state index contributed by atoms with van der Waals surface area (Å²) in [6.45, 7) is -0.433. The molecule has 158 valence electrons. The molecule has 0 saturated carbocycles. The van der Waals surface area contributed by atoms with Gasteiger partial charge in [0.05, 0.1) is 28.2 Å². The standard InChI is InChI=1S/C24H17N3O3S2/c25-14-17-9-4-5-10-18(17)26-21(28)15-30-22(29)13-20-23(19-11-6-12-31-19)27-24(32-20)16-7-2-1-3-8-16/h1-12H,13,15H2,(H,26,28). The third-order valence-corrected chi connectivity index (χ3v) is 6.44. The molecule has 2 heterocycles. The van der Waals surface area contributed by atoms with E-state index in [4.69, 9.17) is 15.0 Å². The summed E-state index contributed by atoms with van der Waals surface area (Å²) >= 11 is 2.99. The number of benzene rings is 2. The summed E-state index contributed by atoms with van der Waals surface area (Å²) in [6, 6.07) is 22.3. The van der Waals surface area contributed by atoms with Gasteiger partial charge in [0.2, 0.25) is 0 Å². The van der Waals surface area contributed by atoms with Crippen LogP contribution in [0.15, 0.2) is 72.1 Å². The Labute approximate surface area is 192 Å². The number of nitrogens with zero attached hydrogens (tertiary/aromatic N) is 2. The van der Waals surface area contributed by atoms with Gasteiger partial charge in [-0.2, -0.15) is 5.26 Å². The number of nitriles is 1. The minimum atomic E-state index is -0.519. The fourth-order valence-corrected chi connectivity index (χ4v) is 4.86. The molecule has 8 heteroatoms. The Balaban J connectivity index is 1.44. The first kappa shape index (κ1) is 21.4. The van der Waals surface area contributed by atoms with Crippen molar-refractivity contribution < 1.29 is 14.3 Å². The zero-order chi connectivity index (χ0) is 22.3. The fraction of sp³-hybridized carbons (Fsp3) is 0.0833. The van der Waals surface area contributed by atoms with E-state index >= 15 is 0 Å². The summed E-state index contributed by atoms with van der Waals surface area (Å²) in [7, 11) is 0. The average molecular weight is 460 g/mol. The van der Waals surface area contributed by atoms with Gasteiger partial charge in [-0.15, -0.1) is 22.7 Å². The van der Waals surface area contributed by atoms with E-state index in [-0.39, 0.29) is 6.42 Å². The van der Waals surface area contributed by atoms with Crippen LogP contribution in [-0.4, -0.2) is 23.5 Å². The van der Waals surface area contributed by atoms with Crippen LogP contribution in [0.1, 0.15) is 10.4 Å². The molecule has 1 amide bonds. The Morgan fingerprint density at radius 2 is 1.81 bits per heavy atom. The van der Waals surface area contributed by atoms with Crippen LogP contribution in [0.3, 0.4) is 0 Å². The second-order valence-electron chi connectivity index (χ2n) is 6.68. The average Bonchev–Trinajstić information content (AvgIpc) is 3.49. The summed E-state index contributed by atoms with van der Waals surface area (Å²) in [5.74, 6) is -1.02. The minimum absolute atomic E-state index is 0.0137. The van der Waals surface area contributed by atoms with Gasteiger partial charge < -0.3 is 10.1 Å². The van der Waals surface area contributed by atoms with E-state index in [0.29, 0.717) is 11.3 Å². The van der Waals surface area contributed by atoms with E-state index in [1.165, 1.54) is 11.3 Å². The van der Waals surface area contributed by atoms with Gasteiger partial charge in [-0.1, -0.05) is 48.5 Å². The van der Waals surface area contributed by atoms with Crippen LogP contribution in [0.4, 0.5) is 5.69 Å². The molecule has 0 aliphatic heterocycles. The minimum Gasteiger partial charge on any atom is -0.455 e. The molecule has 0 aliphatic carbocycles. The molecule has 2 aromatic carbocycles. The summed E-state index contributed by atoms with van der Waals surface area (Å²) in [6.07, 6.45) is 0.0137. The predicted octanol–water partition coefficient (Wildman–Crippen LogP) is 5.13. The number of anilines is 1. The van der Waals surface area contributed by atoms with Gasteiger partial charge in [0.15, 0.2) is 6.61 Å². The number of thiazole rings is 1. The van der Waals surface area contributed by atoms with Crippen molar-refractivity contribution in [2.24, 2.45) is 0 Å². The van der Waals surface area contributed by atoms with Gasteiger partial charge in [0, 0.05) is 10.4 Å². The van der Waals surface area contributed by atoms with E-state index in [1.807, 2.05) is 53.9 Å². The Hall–Kier alpha value is -3.80. The molecule has 6 nitrogen and oxygen atoms in total. The van der Waals surface area contributed by atoms with Crippen LogP contribution in [0.5, 0.6) is 0 Å². The number of hydrogen-bond donors (Lipinski definition) is 1. The third kappa shape index (κ3) is 5.09. The molecule has 0 atom stereocenters. The number of thiophene rings is 1. The first-order valence-corrected chi connectivity index (χ1v) is 11.4. The predicted molar refractivity (Wildman–Crippen MR) is 125 cm³/mol. The molecule has 2 aromatic heterocycles. The zero-order valence-corrected chi connectivity index (χ0v) is 18.4. The molecular weight excluding hydrogens is 442 g/mol. The smallest absolute Gasteiger partial charge is 0.311 e. The Bertz CT molecular complexity index is 1280. The lowest BCUT2D eigenvalue weighted by Crippen LogP contribution is -2.22. The van der Waals surface area contributed by atoms with Crippen LogP contribution in [0.25, 0.3) is 21.1 Å². The van der Waals surface area contributed by atoms with Crippen LogP contribution in [0.2, 0.25) is 0 Å². The molecule has 0 aliphatic rings. The highest BCUT2D eigenvalue weighted by Crippen LogP contribution is 2.36. The SMILES string of the molecule is N#Cc1ccccc1NC(=O)COC(=O)Cc1sc(-c2ccccc2)nc1-c1cccs1. The van der Waals surface area contributed by atoms with Crippen molar-refractivity contribution in [3.05, 3.63) is 82.6 Å². The number of carbonyl (C=O) groups excluding carboxylic acids is 2. The highest BCUT2D eigenvalue weighted by atomic mass is 32.1. The topological polar surface area (TPSA) is 92.1 Å². The molecule has 1 N–H and O–H groups in total. The number of aromatic nitrogens is 1. The van der Waals surface area contributed by atoms with E-state index in [2.05, 4.69) is 5.32 Å². The van der Waals surface area contributed by atoms with E-state index in [0.717, 1.165) is 26.0 Å². The number of nitrogens with one attached hydrogen (secondary N) is 1. The molecule has 0 fully saturated rings. The summed E-state index contributed by atoms with van der Waals surface area (Å²) in [5, 5.41) is 14.5. The van der Waals surface area contributed by atoms with Crippen molar-refractivity contribution in [3.8, 4) is 27.2 Å². The summed E-state index contributed by atoms with van der Waals surface area (Å²) in [4.78, 5) is 31.2. The van der Waals surface area contributed by atoms with Crippen molar-refractivity contribution in [2.75, 3.05) is 11.9 Å². The molecule has 32 heavy (non-hydrogen) atoms. The summed E-state index contributed by atoms with van der Waals surface area (Å²) in [5.41, 5.74) is 2.45. The second-order valence-corrected chi connectivity index (χ2v) is 8.71. The normalized spacial score (nSPS) is 10.3. The van der Waals surface area contributed by atoms with Gasteiger partial charge in [-0.3, -0.25) is 9.59 Å². The molecule has 0 bridgehead atoms. The largest absolute Gasteiger partial charge is 0.455 e. The van der Waals surface area contributed by atoms with Gasteiger partial charge in [0.1, 0.15) is 11.1 Å². The molecule has 0 saturated heterocycles. The van der Waals surface area contributed by atoms with E-state index in [1.54, 1.807) is 35.6 Å². The second kappa shape index (κ2) is 10.0.